The zero-order valence-corrected chi connectivity index (χ0v) is 7.07. The first-order chi connectivity index (χ1) is 6.19. The molecule has 0 aliphatic carbocycles. The van der Waals surface area contributed by atoms with Crippen molar-refractivity contribution in [3.05, 3.63) is 29.3 Å². The van der Waals surface area contributed by atoms with E-state index in [1.54, 1.807) is 12.1 Å². The fourth-order valence-electron chi connectivity index (χ4n) is 1.05. The highest BCUT2D eigenvalue weighted by atomic mass is 16.3. The van der Waals surface area contributed by atoms with Crippen LogP contribution in [0.1, 0.15) is 17.2 Å². The van der Waals surface area contributed by atoms with Gasteiger partial charge in [0.05, 0.1) is 11.6 Å². The van der Waals surface area contributed by atoms with Crippen molar-refractivity contribution >= 4 is 0 Å². The summed E-state index contributed by atoms with van der Waals surface area (Å²) in [6, 6.07) is 6.14. The van der Waals surface area contributed by atoms with Crippen LogP contribution < -0.4 is 11.5 Å². The molecular weight excluding hydrogens is 166 g/mol. The number of benzene rings is 1. The third kappa shape index (κ3) is 1.96. The van der Waals surface area contributed by atoms with Gasteiger partial charge < -0.3 is 16.6 Å². The van der Waals surface area contributed by atoms with Crippen LogP contribution in [0.3, 0.4) is 0 Å². The third-order valence-electron chi connectivity index (χ3n) is 1.81. The quantitative estimate of drug-likeness (QED) is 0.602. The minimum absolute atomic E-state index is 0.0250. The van der Waals surface area contributed by atoms with Gasteiger partial charge in [0.2, 0.25) is 0 Å². The lowest BCUT2D eigenvalue weighted by Gasteiger charge is -2.10. The average Bonchev–Trinajstić information content (AvgIpc) is 2.16. The standard InChI is InChI=1S/C9H11N3O/c10-4-6-1-2-7(8(12)5-11)9(13)3-6/h1-3,8,13H,5,11-12H2. The smallest absolute Gasteiger partial charge is 0.121 e. The largest absolute Gasteiger partial charge is 0.508 e. The molecule has 0 aromatic heterocycles. The number of phenols is 1. The summed E-state index contributed by atoms with van der Waals surface area (Å²) in [5.41, 5.74) is 11.9. The molecule has 5 N–H and O–H groups in total. The molecule has 0 radical (unpaired) electrons. The molecule has 1 atom stereocenters. The van der Waals surface area contributed by atoms with Crippen molar-refractivity contribution in [2.24, 2.45) is 11.5 Å². The molecule has 0 saturated carbocycles. The first-order valence-corrected chi connectivity index (χ1v) is 3.87. The Balaban J connectivity index is 3.07. The molecule has 4 heteroatoms. The number of hydrogen-bond acceptors (Lipinski definition) is 4. The van der Waals surface area contributed by atoms with Gasteiger partial charge in [-0.25, -0.2) is 0 Å². The number of nitrogens with zero attached hydrogens (tertiary/aromatic N) is 1. The number of nitriles is 1. The van der Waals surface area contributed by atoms with Gasteiger partial charge in [0.15, 0.2) is 0 Å². The molecule has 1 unspecified atom stereocenters. The van der Waals surface area contributed by atoms with Crippen LogP contribution in [-0.2, 0) is 0 Å². The first-order valence-electron chi connectivity index (χ1n) is 3.87. The highest BCUT2D eigenvalue weighted by molar-refractivity contribution is 5.43. The maximum Gasteiger partial charge on any atom is 0.121 e. The van der Waals surface area contributed by atoms with E-state index in [0.717, 1.165) is 0 Å². The molecule has 0 saturated heterocycles. The van der Waals surface area contributed by atoms with Gasteiger partial charge in [-0.3, -0.25) is 0 Å². The van der Waals surface area contributed by atoms with E-state index < -0.39 is 0 Å². The van der Waals surface area contributed by atoms with Crippen LogP contribution in [0.2, 0.25) is 0 Å². The molecule has 0 amide bonds. The lowest BCUT2D eigenvalue weighted by Crippen LogP contribution is -2.20. The van der Waals surface area contributed by atoms with Crippen LogP contribution in [0.25, 0.3) is 0 Å². The third-order valence-corrected chi connectivity index (χ3v) is 1.81. The maximum absolute atomic E-state index is 9.44. The molecule has 1 aromatic rings. The topological polar surface area (TPSA) is 96.1 Å². The number of hydrogen-bond donors (Lipinski definition) is 3. The molecule has 0 spiro atoms. The van der Waals surface area contributed by atoms with Gasteiger partial charge in [-0.2, -0.15) is 5.26 Å². The Kier molecular flexibility index (Phi) is 2.85. The lowest BCUT2D eigenvalue weighted by molar-refractivity contribution is 0.462. The van der Waals surface area contributed by atoms with Gasteiger partial charge in [0, 0.05) is 18.2 Å². The number of rotatable bonds is 2. The second-order valence-corrected chi connectivity index (χ2v) is 2.73. The van der Waals surface area contributed by atoms with Crippen molar-refractivity contribution in [3.8, 4) is 11.8 Å². The molecule has 68 valence electrons. The Morgan fingerprint density at radius 3 is 2.69 bits per heavy atom. The second-order valence-electron chi connectivity index (χ2n) is 2.73. The Labute approximate surface area is 76.4 Å². The van der Waals surface area contributed by atoms with Gasteiger partial charge in [0.25, 0.3) is 0 Å². The van der Waals surface area contributed by atoms with Crippen molar-refractivity contribution in [1.82, 2.24) is 0 Å². The number of nitrogens with two attached hydrogens (primary N) is 2. The summed E-state index contributed by atoms with van der Waals surface area (Å²) in [6.45, 7) is 0.263. The number of phenolic OH excluding ortho intramolecular Hbond substituents is 1. The molecule has 1 rings (SSSR count). The van der Waals surface area contributed by atoms with Crippen LogP contribution in [-0.4, -0.2) is 11.7 Å². The summed E-state index contributed by atoms with van der Waals surface area (Å²) in [7, 11) is 0. The summed E-state index contributed by atoms with van der Waals surface area (Å²) in [5, 5.41) is 18.0. The Hall–Kier alpha value is -1.57. The normalized spacial score (nSPS) is 12.1. The fourth-order valence-corrected chi connectivity index (χ4v) is 1.05. The van der Waals surface area contributed by atoms with Crippen molar-refractivity contribution in [2.45, 2.75) is 6.04 Å². The summed E-state index contributed by atoms with van der Waals surface area (Å²) in [4.78, 5) is 0. The first kappa shape index (κ1) is 9.52. The molecule has 0 heterocycles. The average molecular weight is 177 g/mol. The van der Waals surface area contributed by atoms with E-state index in [-0.39, 0.29) is 18.3 Å². The molecule has 0 bridgehead atoms. The van der Waals surface area contributed by atoms with Crippen molar-refractivity contribution < 1.29 is 5.11 Å². The van der Waals surface area contributed by atoms with Gasteiger partial charge in [0.1, 0.15) is 5.75 Å². The Bertz CT molecular complexity index is 343. The lowest BCUT2D eigenvalue weighted by atomic mass is 10.0. The molecule has 0 fully saturated rings. The molecule has 1 aromatic carbocycles. The van der Waals surface area contributed by atoms with Gasteiger partial charge in [-0.15, -0.1) is 0 Å². The predicted molar refractivity (Wildman–Crippen MR) is 48.8 cm³/mol. The number of aromatic hydroxyl groups is 1. The monoisotopic (exact) mass is 177 g/mol. The summed E-state index contributed by atoms with van der Waals surface area (Å²) in [5.74, 6) is 0.0250. The molecular formula is C9H11N3O. The Morgan fingerprint density at radius 2 is 2.23 bits per heavy atom. The fraction of sp³-hybridized carbons (Fsp3) is 0.222. The van der Waals surface area contributed by atoms with Crippen molar-refractivity contribution in [2.75, 3.05) is 6.54 Å². The molecule has 4 nitrogen and oxygen atoms in total. The zero-order valence-electron chi connectivity index (χ0n) is 7.07. The minimum Gasteiger partial charge on any atom is -0.508 e. The minimum atomic E-state index is -0.382. The highest BCUT2D eigenvalue weighted by Crippen LogP contribution is 2.22. The van der Waals surface area contributed by atoms with E-state index in [1.807, 2.05) is 6.07 Å². The summed E-state index contributed by atoms with van der Waals surface area (Å²) < 4.78 is 0. The van der Waals surface area contributed by atoms with Gasteiger partial charge in [-0.05, 0) is 12.1 Å². The van der Waals surface area contributed by atoms with Gasteiger partial charge >= 0.3 is 0 Å². The van der Waals surface area contributed by atoms with Crippen LogP contribution in [0.15, 0.2) is 18.2 Å². The van der Waals surface area contributed by atoms with Crippen LogP contribution >= 0.6 is 0 Å². The van der Waals surface area contributed by atoms with E-state index in [1.165, 1.54) is 6.07 Å². The summed E-state index contributed by atoms with van der Waals surface area (Å²) >= 11 is 0. The van der Waals surface area contributed by atoms with E-state index in [4.69, 9.17) is 16.7 Å². The highest BCUT2D eigenvalue weighted by Gasteiger charge is 2.08. The summed E-state index contributed by atoms with van der Waals surface area (Å²) in [6.07, 6.45) is 0. The van der Waals surface area contributed by atoms with E-state index >= 15 is 0 Å². The Morgan fingerprint density at radius 1 is 1.54 bits per heavy atom. The van der Waals surface area contributed by atoms with Crippen molar-refractivity contribution in [3.63, 3.8) is 0 Å². The molecule has 0 aliphatic rings. The van der Waals surface area contributed by atoms with Crippen molar-refractivity contribution in [1.29, 1.82) is 5.26 Å². The van der Waals surface area contributed by atoms with Crippen LogP contribution in [0.5, 0.6) is 5.75 Å². The maximum atomic E-state index is 9.44. The zero-order chi connectivity index (χ0) is 9.84. The molecule has 0 aliphatic heterocycles. The molecule has 13 heavy (non-hydrogen) atoms. The van der Waals surface area contributed by atoms with E-state index in [9.17, 15) is 5.11 Å². The SMILES string of the molecule is N#Cc1ccc(C(N)CN)c(O)c1. The van der Waals surface area contributed by atoms with E-state index in [0.29, 0.717) is 11.1 Å². The van der Waals surface area contributed by atoms with Gasteiger partial charge in [-0.1, -0.05) is 6.07 Å². The van der Waals surface area contributed by atoms with Crippen LogP contribution in [0.4, 0.5) is 0 Å². The predicted octanol–water partition coefficient (Wildman–Crippen LogP) is 0.222. The van der Waals surface area contributed by atoms with Crippen LogP contribution in [0, 0.1) is 11.3 Å². The van der Waals surface area contributed by atoms with E-state index in [2.05, 4.69) is 0 Å². The second kappa shape index (κ2) is 3.90.